The van der Waals surface area contributed by atoms with Gasteiger partial charge in [0.1, 0.15) is 0 Å². The first-order valence-electron chi connectivity index (χ1n) is 3.09. The minimum atomic E-state index is -4.00. The van der Waals surface area contributed by atoms with Gasteiger partial charge in [0.2, 0.25) is 0 Å². The zero-order chi connectivity index (χ0) is 10.5. The van der Waals surface area contributed by atoms with Crippen LogP contribution in [0.1, 0.15) is 16.6 Å². The zero-order valence-electron chi connectivity index (χ0n) is 6.56. The van der Waals surface area contributed by atoms with Crippen LogP contribution >= 0.6 is 27.3 Å². The molecule has 0 unspecified atom stereocenters. The van der Waals surface area contributed by atoms with Crippen LogP contribution in [0.2, 0.25) is 0 Å². The molecule has 1 aromatic rings. The number of thiophene rings is 1. The van der Waals surface area contributed by atoms with E-state index in [9.17, 15) is 18.0 Å². The molecule has 0 atom stereocenters. The lowest BCUT2D eigenvalue weighted by atomic mass is 10.5. The van der Waals surface area contributed by atoms with Crippen LogP contribution in [0.4, 0.5) is 13.2 Å². The highest BCUT2D eigenvalue weighted by atomic mass is 79.9. The first kappa shape index (κ1) is 12.6. The van der Waals surface area contributed by atoms with E-state index in [4.69, 9.17) is 0 Å². The summed E-state index contributed by atoms with van der Waals surface area (Å²) in [6, 6.07) is 1.79. The lowest BCUT2D eigenvalue weighted by Crippen LogP contribution is -1.95. The van der Waals surface area contributed by atoms with Crippen LogP contribution in [0.5, 0.6) is 0 Å². The molecule has 0 radical (unpaired) electrons. The smallest absolute Gasteiger partial charge is 0.297 e. The van der Waals surface area contributed by atoms with Gasteiger partial charge in [0, 0.05) is 16.8 Å². The fourth-order valence-electron chi connectivity index (χ4n) is 0.390. The van der Waals surface area contributed by atoms with Crippen molar-refractivity contribution in [3.8, 4) is 0 Å². The predicted octanol–water partition coefficient (Wildman–Crippen LogP) is 3.89. The van der Waals surface area contributed by atoms with Crippen molar-refractivity contribution in [1.29, 1.82) is 0 Å². The number of hydrogen-bond acceptors (Lipinski definition) is 2. The minimum absolute atomic E-state index is 0.188. The second kappa shape index (κ2) is 5.39. The quantitative estimate of drug-likeness (QED) is 0.710. The zero-order valence-corrected chi connectivity index (χ0v) is 8.96. The van der Waals surface area contributed by atoms with Crippen molar-refractivity contribution in [1.82, 2.24) is 0 Å². The summed E-state index contributed by atoms with van der Waals surface area (Å²) in [5.74, 6) is 0. The number of halogens is 4. The van der Waals surface area contributed by atoms with Gasteiger partial charge in [-0.15, -0.1) is 11.3 Å². The minimum Gasteiger partial charge on any atom is -0.297 e. The van der Waals surface area contributed by atoms with E-state index in [-0.39, 0.29) is 6.92 Å². The van der Waals surface area contributed by atoms with Gasteiger partial charge in [0.25, 0.3) is 0 Å². The van der Waals surface area contributed by atoms with E-state index in [1.807, 2.05) is 5.38 Å². The van der Waals surface area contributed by atoms with E-state index < -0.39 is 6.18 Å². The van der Waals surface area contributed by atoms with Crippen molar-refractivity contribution in [2.24, 2.45) is 0 Å². The summed E-state index contributed by atoms with van der Waals surface area (Å²) in [5, 5.41) is 1.88. The second-order valence-electron chi connectivity index (χ2n) is 2.07. The molecule has 0 aliphatic rings. The summed E-state index contributed by atoms with van der Waals surface area (Å²) in [4.78, 5) is 10.8. The van der Waals surface area contributed by atoms with E-state index in [2.05, 4.69) is 15.9 Å². The van der Waals surface area contributed by atoms with Crippen molar-refractivity contribution >= 4 is 33.6 Å². The lowest BCUT2D eigenvalue weighted by molar-refractivity contribution is -0.110. The molecular weight excluding hydrogens is 269 g/mol. The van der Waals surface area contributed by atoms with Crippen molar-refractivity contribution in [2.45, 2.75) is 13.1 Å². The third-order valence-electron chi connectivity index (χ3n) is 0.704. The van der Waals surface area contributed by atoms with E-state index in [1.54, 1.807) is 6.07 Å². The Balaban J connectivity index is 0.000000252. The molecule has 0 amide bonds. The molecule has 74 valence electrons. The Labute approximate surface area is 85.7 Å². The van der Waals surface area contributed by atoms with Gasteiger partial charge in [-0.05, 0) is 22.0 Å². The summed E-state index contributed by atoms with van der Waals surface area (Å²) in [6.45, 7) is 0.188. The fourth-order valence-corrected chi connectivity index (χ4v) is 1.64. The Morgan fingerprint density at radius 2 is 2.00 bits per heavy atom. The Morgan fingerprint density at radius 3 is 2.15 bits per heavy atom. The van der Waals surface area contributed by atoms with Crippen molar-refractivity contribution in [3.05, 3.63) is 20.8 Å². The highest BCUT2D eigenvalue weighted by Crippen LogP contribution is 2.17. The first-order chi connectivity index (χ1) is 5.83. The molecule has 0 saturated heterocycles. The molecule has 1 nitrogen and oxygen atoms in total. The molecule has 0 saturated carbocycles. The number of alkyl halides is 3. The molecule has 1 rings (SSSR count). The van der Waals surface area contributed by atoms with Gasteiger partial charge in [-0.2, -0.15) is 13.2 Å². The monoisotopic (exact) mass is 274 g/mol. The van der Waals surface area contributed by atoms with Gasteiger partial charge in [0.15, 0.2) is 6.29 Å². The van der Waals surface area contributed by atoms with Crippen LogP contribution in [-0.2, 0) is 0 Å². The molecule has 0 aliphatic carbocycles. The summed E-state index contributed by atoms with van der Waals surface area (Å²) in [5.41, 5.74) is 0. The molecule has 6 heteroatoms. The third-order valence-corrected chi connectivity index (χ3v) is 2.32. The third kappa shape index (κ3) is 9.55. The fraction of sp³-hybridized carbons (Fsp3) is 0.286. The molecular formula is C7H6BrF3OS. The van der Waals surface area contributed by atoms with Gasteiger partial charge in [0.05, 0.1) is 4.88 Å². The molecule has 0 fully saturated rings. The average Bonchev–Trinajstić information content (AvgIpc) is 2.31. The molecule has 0 aliphatic heterocycles. The lowest BCUT2D eigenvalue weighted by Gasteiger charge is -1.88. The summed E-state index contributed by atoms with van der Waals surface area (Å²) < 4.78 is 32.0. The predicted molar refractivity (Wildman–Crippen MR) is 49.1 cm³/mol. The summed E-state index contributed by atoms with van der Waals surface area (Å²) in [6.07, 6.45) is -3.16. The van der Waals surface area contributed by atoms with Crippen molar-refractivity contribution in [3.63, 3.8) is 0 Å². The van der Waals surface area contributed by atoms with E-state index >= 15 is 0 Å². The number of aldehydes is 1. The molecule has 0 bridgehead atoms. The number of rotatable bonds is 1. The van der Waals surface area contributed by atoms with Crippen LogP contribution in [0.3, 0.4) is 0 Å². The largest absolute Gasteiger partial charge is 0.386 e. The van der Waals surface area contributed by atoms with Crippen molar-refractivity contribution < 1.29 is 18.0 Å². The van der Waals surface area contributed by atoms with Crippen LogP contribution in [0.25, 0.3) is 0 Å². The molecule has 1 aromatic heterocycles. The number of hydrogen-bond donors (Lipinski definition) is 0. The highest BCUT2D eigenvalue weighted by Gasteiger charge is 2.15. The standard InChI is InChI=1S/C5H3BrOS.C2H3F3/c6-4-1-5(2-7)8-3-4;1-2(3,4)5/h1-3H;1H3. The van der Waals surface area contributed by atoms with Crippen LogP contribution < -0.4 is 0 Å². The van der Waals surface area contributed by atoms with Gasteiger partial charge < -0.3 is 0 Å². The van der Waals surface area contributed by atoms with Gasteiger partial charge in [-0.1, -0.05) is 0 Å². The topological polar surface area (TPSA) is 17.1 Å². The summed E-state index contributed by atoms with van der Waals surface area (Å²) >= 11 is 4.66. The van der Waals surface area contributed by atoms with E-state index in [0.29, 0.717) is 0 Å². The average molecular weight is 275 g/mol. The van der Waals surface area contributed by atoms with Gasteiger partial charge in [-0.3, -0.25) is 4.79 Å². The normalized spacial score (nSPS) is 10.2. The number of carbonyl (C=O) groups is 1. The maximum atomic E-state index is 10.4. The Bertz CT molecular complexity index is 263. The number of carbonyl (C=O) groups excluding carboxylic acids is 1. The van der Waals surface area contributed by atoms with Crippen LogP contribution in [0, 0.1) is 0 Å². The van der Waals surface area contributed by atoms with Gasteiger partial charge >= 0.3 is 6.18 Å². The Hall–Kier alpha value is -0.360. The SMILES string of the molecule is CC(F)(F)F.O=Cc1cc(Br)cs1. The second-order valence-corrected chi connectivity index (χ2v) is 3.92. The Morgan fingerprint density at radius 1 is 1.54 bits per heavy atom. The molecule has 0 N–H and O–H groups in total. The van der Waals surface area contributed by atoms with Crippen LogP contribution in [0.15, 0.2) is 15.9 Å². The molecule has 0 spiro atoms. The molecule has 1 heterocycles. The maximum Gasteiger partial charge on any atom is 0.386 e. The van der Waals surface area contributed by atoms with Crippen molar-refractivity contribution in [2.75, 3.05) is 0 Å². The molecule has 13 heavy (non-hydrogen) atoms. The highest BCUT2D eigenvalue weighted by molar-refractivity contribution is 9.10. The van der Waals surface area contributed by atoms with E-state index in [1.165, 1.54) is 11.3 Å². The summed E-state index contributed by atoms with van der Waals surface area (Å²) in [7, 11) is 0. The van der Waals surface area contributed by atoms with E-state index in [0.717, 1.165) is 15.6 Å². The first-order valence-corrected chi connectivity index (χ1v) is 4.76. The molecule has 0 aromatic carbocycles. The Kier molecular flexibility index (Phi) is 5.24. The van der Waals surface area contributed by atoms with Crippen LogP contribution in [-0.4, -0.2) is 12.5 Å². The van der Waals surface area contributed by atoms with Gasteiger partial charge in [-0.25, -0.2) is 0 Å². The maximum absolute atomic E-state index is 10.4.